The van der Waals surface area contributed by atoms with Crippen LogP contribution in [0.1, 0.15) is 5.01 Å². The number of hydroxylamine groups is 2. The summed E-state index contributed by atoms with van der Waals surface area (Å²) in [6, 6.07) is 7.95. The quantitative estimate of drug-likeness (QED) is 0.815. The summed E-state index contributed by atoms with van der Waals surface area (Å²) in [4.78, 5) is 24.3. The molecule has 1 atom stereocenters. The normalized spacial score (nSPS) is 20.6. The van der Waals surface area contributed by atoms with E-state index in [1.807, 2.05) is 18.2 Å². The maximum absolute atomic E-state index is 12.3. The highest BCUT2D eigenvalue weighted by Crippen LogP contribution is 2.33. The van der Waals surface area contributed by atoms with Crippen molar-refractivity contribution in [2.24, 2.45) is 0 Å². The monoisotopic (exact) mass is 313 g/mol. The molecule has 112 valence electrons. The number of carbonyl (C=O) groups excluding carboxylic acids is 1. The number of hydrogen-bond donors (Lipinski definition) is 0. The van der Waals surface area contributed by atoms with Crippen molar-refractivity contribution in [2.75, 3.05) is 19.7 Å². The summed E-state index contributed by atoms with van der Waals surface area (Å²) in [5.41, 5.74) is 2.10. The van der Waals surface area contributed by atoms with Crippen molar-refractivity contribution < 1.29 is 9.63 Å². The second-order valence-electron chi connectivity index (χ2n) is 5.32. The first-order valence-electron chi connectivity index (χ1n) is 7.15. The topological polar surface area (TPSA) is 45.7 Å². The zero-order valence-corrected chi connectivity index (χ0v) is 12.8. The van der Waals surface area contributed by atoms with Crippen molar-refractivity contribution >= 4 is 33.2 Å². The molecule has 1 aromatic heterocycles. The molecule has 0 N–H and O–H groups in total. The molecular formula is C16H15N3O2S. The average Bonchev–Trinajstić information content (AvgIpc) is 3.06. The Morgan fingerprint density at radius 1 is 1.45 bits per heavy atom. The van der Waals surface area contributed by atoms with Crippen LogP contribution >= 0.6 is 11.3 Å². The maximum Gasteiger partial charge on any atom is 0.344 e. The van der Waals surface area contributed by atoms with Gasteiger partial charge in [0.25, 0.3) is 0 Å². The minimum atomic E-state index is -0.0841. The molecule has 2 aliphatic heterocycles. The number of aromatic nitrogens is 1. The van der Waals surface area contributed by atoms with E-state index >= 15 is 0 Å². The predicted molar refractivity (Wildman–Crippen MR) is 86.3 cm³/mol. The van der Waals surface area contributed by atoms with Crippen LogP contribution in [-0.4, -0.2) is 46.7 Å². The summed E-state index contributed by atoms with van der Waals surface area (Å²) in [5.74, 6) is 0. The third kappa shape index (κ3) is 2.12. The number of carbonyl (C=O) groups is 1. The Morgan fingerprint density at radius 3 is 3.14 bits per heavy atom. The largest absolute Gasteiger partial charge is 0.344 e. The molecule has 22 heavy (non-hydrogen) atoms. The van der Waals surface area contributed by atoms with Crippen LogP contribution in [0.2, 0.25) is 0 Å². The molecule has 0 spiro atoms. The van der Waals surface area contributed by atoms with Crippen molar-refractivity contribution in [3.8, 4) is 0 Å². The molecule has 0 radical (unpaired) electrons. The van der Waals surface area contributed by atoms with Crippen LogP contribution in [-0.2, 0) is 4.84 Å². The summed E-state index contributed by atoms with van der Waals surface area (Å²) in [6.07, 6.45) is 3.74. The Hall–Kier alpha value is -2.18. The van der Waals surface area contributed by atoms with Gasteiger partial charge in [-0.15, -0.1) is 17.9 Å². The van der Waals surface area contributed by atoms with E-state index in [1.165, 1.54) is 5.06 Å². The van der Waals surface area contributed by atoms with Gasteiger partial charge in [-0.3, -0.25) is 4.84 Å². The number of para-hydroxylation sites is 1. The molecule has 1 saturated heterocycles. The van der Waals surface area contributed by atoms with Crippen molar-refractivity contribution in [2.45, 2.75) is 6.04 Å². The predicted octanol–water partition coefficient (Wildman–Crippen LogP) is 2.92. The molecule has 1 aromatic carbocycles. The standard InChI is InChI=1S/C16H15N3O2S/c1-2-7-21-19-12-8-11(9-18(10-12)16(19)20)15-17-13-5-3-4-6-14(13)22-15/h2-6,8,12H,1,7,9-10H2. The second-order valence-corrected chi connectivity index (χ2v) is 6.35. The fourth-order valence-electron chi connectivity index (χ4n) is 2.83. The number of benzene rings is 1. The summed E-state index contributed by atoms with van der Waals surface area (Å²) in [6.45, 7) is 5.21. The maximum atomic E-state index is 12.3. The molecule has 2 aliphatic rings. The zero-order chi connectivity index (χ0) is 15.1. The van der Waals surface area contributed by atoms with Crippen LogP contribution in [0.5, 0.6) is 0 Å². The number of thiazole rings is 1. The molecule has 0 saturated carbocycles. The first kappa shape index (κ1) is 13.5. The average molecular weight is 313 g/mol. The Labute approximate surface area is 132 Å². The van der Waals surface area contributed by atoms with Gasteiger partial charge in [-0.1, -0.05) is 18.2 Å². The third-order valence-electron chi connectivity index (χ3n) is 3.82. The lowest BCUT2D eigenvalue weighted by Crippen LogP contribution is -2.33. The Bertz CT molecular complexity index is 750. The lowest BCUT2D eigenvalue weighted by atomic mass is 10.1. The van der Waals surface area contributed by atoms with Gasteiger partial charge in [0, 0.05) is 12.1 Å². The molecule has 2 aromatic rings. The minimum Gasteiger partial charge on any atom is -0.316 e. The summed E-state index contributed by atoms with van der Waals surface area (Å²) in [7, 11) is 0. The van der Waals surface area contributed by atoms with E-state index in [0.29, 0.717) is 19.7 Å². The van der Waals surface area contributed by atoms with Gasteiger partial charge in [0.15, 0.2) is 0 Å². The number of amides is 2. The fourth-order valence-corrected chi connectivity index (χ4v) is 3.82. The van der Waals surface area contributed by atoms with E-state index in [-0.39, 0.29) is 12.1 Å². The highest BCUT2D eigenvalue weighted by molar-refractivity contribution is 7.19. The Kier molecular flexibility index (Phi) is 3.20. The van der Waals surface area contributed by atoms with Crippen molar-refractivity contribution in [3.63, 3.8) is 0 Å². The number of nitrogens with zero attached hydrogens (tertiary/aromatic N) is 3. The molecule has 4 rings (SSSR count). The van der Waals surface area contributed by atoms with Crippen LogP contribution < -0.4 is 0 Å². The van der Waals surface area contributed by atoms with Crippen LogP contribution in [0, 0.1) is 0 Å². The van der Waals surface area contributed by atoms with Gasteiger partial charge >= 0.3 is 6.03 Å². The van der Waals surface area contributed by atoms with E-state index in [4.69, 9.17) is 4.84 Å². The van der Waals surface area contributed by atoms with Gasteiger partial charge in [0.1, 0.15) is 5.01 Å². The second kappa shape index (κ2) is 5.23. The van der Waals surface area contributed by atoms with Gasteiger partial charge in [-0.25, -0.2) is 9.78 Å². The molecule has 6 heteroatoms. The molecule has 0 aliphatic carbocycles. The Balaban J connectivity index is 1.66. The summed E-state index contributed by atoms with van der Waals surface area (Å²) < 4.78 is 1.16. The number of hydrogen-bond acceptors (Lipinski definition) is 4. The first-order valence-corrected chi connectivity index (χ1v) is 7.96. The van der Waals surface area contributed by atoms with E-state index in [2.05, 4.69) is 23.7 Å². The van der Waals surface area contributed by atoms with Gasteiger partial charge in [0.2, 0.25) is 0 Å². The summed E-state index contributed by atoms with van der Waals surface area (Å²) in [5, 5.41) is 2.43. The van der Waals surface area contributed by atoms with E-state index in [9.17, 15) is 4.79 Å². The lowest BCUT2D eigenvalue weighted by molar-refractivity contribution is -0.107. The van der Waals surface area contributed by atoms with Gasteiger partial charge in [0.05, 0.1) is 29.4 Å². The van der Waals surface area contributed by atoms with Gasteiger partial charge in [-0.05, 0) is 18.2 Å². The zero-order valence-electron chi connectivity index (χ0n) is 11.9. The van der Waals surface area contributed by atoms with E-state index in [0.717, 1.165) is 20.8 Å². The Morgan fingerprint density at radius 2 is 2.32 bits per heavy atom. The molecule has 3 heterocycles. The van der Waals surface area contributed by atoms with Gasteiger partial charge < -0.3 is 4.90 Å². The number of urea groups is 1. The van der Waals surface area contributed by atoms with Crippen LogP contribution in [0.25, 0.3) is 15.8 Å². The fraction of sp³-hybridized carbons (Fsp3) is 0.250. The molecule has 5 nitrogen and oxygen atoms in total. The van der Waals surface area contributed by atoms with E-state index < -0.39 is 0 Å². The van der Waals surface area contributed by atoms with Crippen molar-refractivity contribution in [1.82, 2.24) is 14.9 Å². The van der Waals surface area contributed by atoms with Crippen molar-refractivity contribution in [1.29, 1.82) is 0 Å². The first-order chi connectivity index (χ1) is 10.8. The molecule has 1 unspecified atom stereocenters. The number of rotatable bonds is 4. The number of fused-ring (bicyclic) bond motifs is 3. The molecule has 1 fully saturated rings. The highest BCUT2D eigenvalue weighted by atomic mass is 32.1. The minimum absolute atomic E-state index is 0.0526. The molecule has 2 amide bonds. The van der Waals surface area contributed by atoms with Crippen LogP contribution in [0.3, 0.4) is 0 Å². The third-order valence-corrected chi connectivity index (χ3v) is 4.93. The molecule has 2 bridgehead atoms. The van der Waals surface area contributed by atoms with Crippen molar-refractivity contribution in [3.05, 3.63) is 48.0 Å². The SMILES string of the molecule is C=CCON1C(=O)N2CC(c3nc4ccccc4s3)=CC1C2. The smallest absolute Gasteiger partial charge is 0.316 e. The van der Waals surface area contributed by atoms with Crippen LogP contribution in [0.15, 0.2) is 43.0 Å². The lowest BCUT2D eigenvalue weighted by Gasteiger charge is -2.20. The van der Waals surface area contributed by atoms with Crippen LogP contribution in [0.4, 0.5) is 4.79 Å². The molecular weight excluding hydrogens is 298 g/mol. The summed E-state index contributed by atoms with van der Waals surface area (Å²) >= 11 is 1.66. The van der Waals surface area contributed by atoms with E-state index in [1.54, 1.807) is 22.3 Å². The van der Waals surface area contributed by atoms with Gasteiger partial charge in [-0.2, -0.15) is 5.06 Å². The highest BCUT2D eigenvalue weighted by Gasteiger charge is 2.41.